The molecule has 32 heavy (non-hydrogen) atoms. The standard InChI is InChI=1S/C19H21F3N4O3.CH2O2/c1-5-13-14(24-9-28-13)15(27)25-10-6-7-12(20)11(8-10)18(4)19(21,22)17(2,3)29-16(23)26-18;2-1-3/h6-9H,5H2,1-4H3,(H2,23,26)(H,25,27);1H,(H,2,3)/t18-;/m1./s1. The van der Waals surface area contributed by atoms with E-state index in [2.05, 4.69) is 15.3 Å². The van der Waals surface area contributed by atoms with Crippen LogP contribution in [0.15, 0.2) is 34.0 Å². The van der Waals surface area contributed by atoms with E-state index in [1.807, 2.05) is 0 Å². The summed E-state index contributed by atoms with van der Waals surface area (Å²) in [6, 6.07) is 2.85. The van der Waals surface area contributed by atoms with Gasteiger partial charge in [0.15, 0.2) is 23.2 Å². The van der Waals surface area contributed by atoms with Crippen molar-refractivity contribution >= 4 is 24.1 Å². The van der Waals surface area contributed by atoms with Gasteiger partial charge in [-0.25, -0.2) is 14.4 Å². The van der Waals surface area contributed by atoms with E-state index in [1.165, 1.54) is 6.07 Å². The fraction of sp³-hybridized carbons (Fsp3) is 0.400. The summed E-state index contributed by atoms with van der Waals surface area (Å²) in [5.41, 5.74) is 0.920. The number of amides is 1. The van der Waals surface area contributed by atoms with Crippen molar-refractivity contribution in [3.8, 4) is 0 Å². The van der Waals surface area contributed by atoms with E-state index in [0.717, 1.165) is 39.3 Å². The molecule has 1 aromatic heterocycles. The number of nitrogens with zero attached hydrogens (tertiary/aromatic N) is 2. The fourth-order valence-electron chi connectivity index (χ4n) is 3.33. The highest BCUT2D eigenvalue weighted by Gasteiger charge is 2.66. The summed E-state index contributed by atoms with van der Waals surface area (Å²) in [7, 11) is 0. The number of hydrogen-bond acceptors (Lipinski definition) is 7. The molecule has 0 radical (unpaired) electrons. The fourth-order valence-corrected chi connectivity index (χ4v) is 3.33. The summed E-state index contributed by atoms with van der Waals surface area (Å²) in [6.07, 6.45) is 1.57. The van der Waals surface area contributed by atoms with Crippen molar-refractivity contribution in [1.82, 2.24) is 4.98 Å². The van der Waals surface area contributed by atoms with Crippen LogP contribution in [0.5, 0.6) is 0 Å². The molecule has 1 aromatic carbocycles. The van der Waals surface area contributed by atoms with Gasteiger partial charge in [0.25, 0.3) is 18.4 Å². The minimum absolute atomic E-state index is 0.0596. The Balaban J connectivity index is 0.00000114. The number of nitrogens with two attached hydrogens (primary N) is 1. The molecule has 0 fully saturated rings. The molecule has 1 aliphatic heterocycles. The van der Waals surface area contributed by atoms with E-state index >= 15 is 8.78 Å². The largest absolute Gasteiger partial charge is 0.483 e. The Morgan fingerprint density at radius 3 is 2.53 bits per heavy atom. The van der Waals surface area contributed by atoms with Gasteiger partial charge < -0.3 is 25.3 Å². The summed E-state index contributed by atoms with van der Waals surface area (Å²) in [6.45, 7) is 4.90. The normalized spacial score (nSPS) is 20.8. The number of nitrogens with one attached hydrogen (secondary N) is 1. The summed E-state index contributed by atoms with van der Waals surface area (Å²) in [4.78, 5) is 28.4. The van der Waals surface area contributed by atoms with Gasteiger partial charge in [0, 0.05) is 17.7 Å². The number of anilines is 1. The number of aromatic nitrogens is 1. The molecule has 3 rings (SSSR count). The van der Waals surface area contributed by atoms with Gasteiger partial charge in [-0.2, -0.15) is 8.78 Å². The predicted octanol–water partition coefficient (Wildman–Crippen LogP) is 3.30. The van der Waals surface area contributed by atoms with Gasteiger partial charge in [-0.05, 0) is 39.0 Å². The summed E-state index contributed by atoms with van der Waals surface area (Å²) < 4.78 is 55.2. The Bertz CT molecular complexity index is 1040. The Labute approximate surface area is 181 Å². The topological polar surface area (TPSA) is 140 Å². The van der Waals surface area contributed by atoms with Crippen molar-refractivity contribution in [3.63, 3.8) is 0 Å². The molecule has 12 heteroatoms. The zero-order chi connectivity index (χ0) is 24.3. The maximum Gasteiger partial charge on any atom is 0.315 e. The monoisotopic (exact) mass is 456 g/mol. The number of alkyl halides is 2. The average molecular weight is 456 g/mol. The number of oxazole rings is 1. The highest BCUT2D eigenvalue weighted by molar-refractivity contribution is 6.03. The van der Waals surface area contributed by atoms with Crippen LogP contribution in [0.4, 0.5) is 18.9 Å². The highest BCUT2D eigenvalue weighted by atomic mass is 19.3. The Morgan fingerprint density at radius 2 is 1.94 bits per heavy atom. The van der Waals surface area contributed by atoms with Crippen LogP contribution in [0.2, 0.25) is 0 Å². The van der Waals surface area contributed by atoms with E-state index in [-0.39, 0.29) is 17.9 Å². The van der Waals surface area contributed by atoms with E-state index in [4.69, 9.17) is 24.8 Å². The van der Waals surface area contributed by atoms with E-state index < -0.39 is 40.4 Å². The second-order valence-electron chi connectivity index (χ2n) is 7.44. The molecule has 2 heterocycles. The first kappa shape index (κ1) is 24.7. The van der Waals surface area contributed by atoms with E-state index in [9.17, 15) is 9.18 Å². The van der Waals surface area contributed by atoms with Gasteiger partial charge in [-0.1, -0.05) is 6.92 Å². The number of halogens is 3. The number of amidine groups is 1. The van der Waals surface area contributed by atoms with Gasteiger partial charge in [-0.3, -0.25) is 9.59 Å². The highest BCUT2D eigenvalue weighted by Crippen LogP contribution is 2.51. The number of carboxylic acid groups (broad SMARTS) is 1. The number of aliphatic imine (C=N–C) groups is 1. The third-order valence-corrected chi connectivity index (χ3v) is 4.99. The summed E-state index contributed by atoms with van der Waals surface area (Å²) in [5, 5.41) is 9.41. The van der Waals surface area contributed by atoms with Gasteiger partial charge in [-0.15, -0.1) is 0 Å². The third-order valence-electron chi connectivity index (χ3n) is 4.99. The molecule has 1 amide bonds. The van der Waals surface area contributed by atoms with E-state index in [1.54, 1.807) is 6.92 Å². The first-order valence-corrected chi connectivity index (χ1v) is 9.38. The maximum atomic E-state index is 15.2. The number of ether oxygens (including phenoxy) is 1. The van der Waals surface area contributed by atoms with Crippen LogP contribution >= 0.6 is 0 Å². The quantitative estimate of drug-likeness (QED) is 0.600. The van der Waals surface area contributed by atoms with Gasteiger partial charge in [0.05, 0.1) is 0 Å². The molecule has 1 atom stereocenters. The first-order valence-electron chi connectivity index (χ1n) is 9.38. The lowest BCUT2D eigenvalue weighted by Gasteiger charge is -2.46. The second-order valence-corrected chi connectivity index (χ2v) is 7.44. The number of rotatable bonds is 4. The molecule has 0 bridgehead atoms. The molecule has 9 nitrogen and oxygen atoms in total. The van der Waals surface area contributed by atoms with Gasteiger partial charge in [0.1, 0.15) is 11.6 Å². The van der Waals surface area contributed by atoms with Crippen molar-refractivity contribution in [2.24, 2.45) is 10.7 Å². The molecular formula is C20H23F3N4O5. The zero-order valence-corrected chi connectivity index (χ0v) is 17.8. The SMILES string of the molecule is CCc1ocnc1C(=O)Nc1ccc(F)c([C@@]2(C)N=C(N)OC(C)(C)C2(F)F)c1.O=CO. The zero-order valence-electron chi connectivity index (χ0n) is 17.8. The van der Waals surface area contributed by atoms with Crippen LogP contribution in [0.1, 0.15) is 49.5 Å². The van der Waals surface area contributed by atoms with E-state index in [0.29, 0.717) is 12.2 Å². The lowest BCUT2D eigenvalue weighted by molar-refractivity contribution is -0.207. The third kappa shape index (κ3) is 4.25. The van der Waals surface area contributed by atoms with Crippen molar-refractivity contribution in [1.29, 1.82) is 0 Å². The van der Waals surface area contributed by atoms with Crippen molar-refractivity contribution in [2.45, 2.75) is 51.2 Å². The average Bonchev–Trinajstić information content (AvgIpc) is 3.17. The molecule has 174 valence electrons. The number of carbonyl (C=O) groups is 2. The van der Waals surface area contributed by atoms with Crippen LogP contribution < -0.4 is 11.1 Å². The van der Waals surface area contributed by atoms with Crippen LogP contribution in [-0.4, -0.2) is 40.0 Å². The molecule has 1 aliphatic rings. The smallest absolute Gasteiger partial charge is 0.315 e. The summed E-state index contributed by atoms with van der Waals surface area (Å²) >= 11 is 0. The minimum atomic E-state index is -3.62. The number of benzene rings is 1. The molecule has 0 unspecified atom stereocenters. The molecular weight excluding hydrogens is 433 g/mol. The molecule has 0 saturated carbocycles. The lowest BCUT2D eigenvalue weighted by Crippen LogP contribution is -2.62. The minimum Gasteiger partial charge on any atom is -0.483 e. The molecule has 2 aromatic rings. The molecule has 0 aliphatic carbocycles. The van der Waals surface area contributed by atoms with Crippen molar-refractivity contribution < 1.29 is 37.0 Å². The number of hydrogen-bond donors (Lipinski definition) is 3. The molecule has 0 saturated heterocycles. The van der Waals surface area contributed by atoms with Crippen LogP contribution in [-0.2, 0) is 21.5 Å². The molecule has 4 N–H and O–H groups in total. The maximum absolute atomic E-state index is 15.2. The Kier molecular flexibility index (Phi) is 6.86. The lowest BCUT2D eigenvalue weighted by atomic mass is 9.77. The Hall–Kier alpha value is -3.57. The van der Waals surface area contributed by atoms with Crippen molar-refractivity contribution in [2.75, 3.05) is 5.32 Å². The van der Waals surface area contributed by atoms with Gasteiger partial charge >= 0.3 is 5.92 Å². The Morgan fingerprint density at radius 1 is 1.31 bits per heavy atom. The van der Waals surface area contributed by atoms with Gasteiger partial charge in [0.2, 0.25) is 0 Å². The first-order chi connectivity index (χ1) is 14.8. The van der Waals surface area contributed by atoms with Crippen LogP contribution in [0.3, 0.4) is 0 Å². The summed E-state index contributed by atoms with van der Waals surface area (Å²) in [5.74, 6) is -4.78. The number of aryl methyl sites for hydroxylation is 1. The van der Waals surface area contributed by atoms with Crippen molar-refractivity contribution in [3.05, 3.63) is 47.4 Å². The second kappa shape index (κ2) is 8.89. The number of carbonyl (C=O) groups excluding carboxylic acids is 1. The predicted molar refractivity (Wildman–Crippen MR) is 108 cm³/mol. The van der Waals surface area contributed by atoms with Crippen LogP contribution in [0, 0.1) is 5.82 Å². The van der Waals surface area contributed by atoms with Crippen LogP contribution in [0.25, 0.3) is 0 Å². The molecule has 0 spiro atoms.